The fourth-order valence-corrected chi connectivity index (χ4v) is 13.3. The normalized spacial score (nSPS) is 14.4. The molecule has 4 unspecified atom stereocenters. The first-order chi connectivity index (χ1) is 46.1. The standard InChI is InChI=1S/C77H150O17P2/c1-9-70(8)56-48-40-32-24-17-12-10-11-13-18-26-34-43-51-59-76(81)94-73(64-88-75(80)58-50-42-36-28-31-39-47-55-69(6)7)66-92-96(85,86)90-62-71(78)61-89-95(83,84)91-65-72(63-87-74(79)57-49-41-33-25-21-20-23-30-38-46-54-68(4)5)93-77(82)60-52-44-35-27-19-15-14-16-22-29-37-45-53-67(2)3/h67-73,78H,9-66H2,1-8H3,(H,83,84)(H,85,86)/t70?,71?,72-,73-/m1/s1. The maximum atomic E-state index is 13.1. The van der Waals surface area contributed by atoms with Crippen molar-refractivity contribution in [3.8, 4) is 0 Å². The van der Waals surface area contributed by atoms with E-state index in [2.05, 4.69) is 55.4 Å². The van der Waals surface area contributed by atoms with Crippen LogP contribution >= 0.6 is 15.6 Å². The number of carbonyl (C=O) groups is 4. The number of rotatable bonds is 74. The van der Waals surface area contributed by atoms with Crippen molar-refractivity contribution in [2.24, 2.45) is 23.7 Å². The van der Waals surface area contributed by atoms with Gasteiger partial charge in [-0.05, 0) is 49.4 Å². The molecule has 0 saturated carbocycles. The van der Waals surface area contributed by atoms with Gasteiger partial charge in [0.15, 0.2) is 12.2 Å². The van der Waals surface area contributed by atoms with Crippen molar-refractivity contribution >= 4 is 39.5 Å². The van der Waals surface area contributed by atoms with Crippen LogP contribution in [0.4, 0.5) is 0 Å². The van der Waals surface area contributed by atoms with Crippen molar-refractivity contribution in [2.45, 2.75) is 408 Å². The molecule has 0 aliphatic carbocycles. The Bertz CT molecular complexity index is 1890. The second-order valence-corrected chi connectivity index (χ2v) is 32.3. The highest BCUT2D eigenvalue weighted by Gasteiger charge is 2.30. The number of aliphatic hydroxyl groups is 1. The number of aliphatic hydroxyl groups excluding tert-OH is 1. The van der Waals surface area contributed by atoms with Crippen LogP contribution in [0.25, 0.3) is 0 Å². The van der Waals surface area contributed by atoms with Gasteiger partial charge in [0, 0.05) is 25.7 Å². The molecular weight excluding hydrogens is 1260 g/mol. The molecule has 0 aromatic rings. The third kappa shape index (κ3) is 69.2. The van der Waals surface area contributed by atoms with Gasteiger partial charge in [-0.25, -0.2) is 9.13 Å². The first-order valence-corrected chi connectivity index (χ1v) is 42.7. The summed E-state index contributed by atoms with van der Waals surface area (Å²) < 4.78 is 68.6. The van der Waals surface area contributed by atoms with E-state index in [4.69, 9.17) is 37.0 Å². The quantitative estimate of drug-likeness (QED) is 0.0222. The van der Waals surface area contributed by atoms with Gasteiger partial charge in [-0.3, -0.25) is 37.3 Å². The van der Waals surface area contributed by atoms with Gasteiger partial charge in [0.1, 0.15) is 19.3 Å². The van der Waals surface area contributed by atoms with Crippen LogP contribution < -0.4 is 0 Å². The zero-order chi connectivity index (χ0) is 71.0. The predicted octanol–water partition coefficient (Wildman–Crippen LogP) is 22.4. The molecule has 0 radical (unpaired) electrons. The zero-order valence-electron chi connectivity index (χ0n) is 63.0. The molecule has 0 aromatic heterocycles. The molecule has 3 N–H and O–H groups in total. The first-order valence-electron chi connectivity index (χ1n) is 39.7. The van der Waals surface area contributed by atoms with Gasteiger partial charge in [-0.2, -0.15) is 0 Å². The highest BCUT2D eigenvalue weighted by Crippen LogP contribution is 2.45. The SMILES string of the molecule is CCC(C)CCCCCCCCCCCCCCCCC(=O)O[C@H](COC(=O)CCCCCCCCCC(C)C)COP(=O)(O)OCC(O)COP(=O)(O)OC[C@@H](COC(=O)CCCCCCCCCCCCC(C)C)OC(=O)CCCCCCCCCCCCCCC(C)C. The number of ether oxygens (including phenoxy) is 4. The molecule has 19 heteroatoms. The molecule has 0 rings (SSSR count). The number of phosphoric acid groups is 2. The van der Waals surface area contributed by atoms with E-state index in [1.807, 2.05) is 0 Å². The second-order valence-electron chi connectivity index (χ2n) is 29.4. The summed E-state index contributed by atoms with van der Waals surface area (Å²) in [4.78, 5) is 72.9. The lowest BCUT2D eigenvalue weighted by molar-refractivity contribution is -0.161. The highest BCUT2D eigenvalue weighted by molar-refractivity contribution is 7.47. The van der Waals surface area contributed by atoms with Crippen LogP contribution in [0, 0.1) is 23.7 Å². The predicted molar refractivity (Wildman–Crippen MR) is 391 cm³/mol. The van der Waals surface area contributed by atoms with Gasteiger partial charge in [-0.1, -0.05) is 338 Å². The van der Waals surface area contributed by atoms with Crippen LogP contribution in [0.1, 0.15) is 389 Å². The van der Waals surface area contributed by atoms with Crippen molar-refractivity contribution in [1.82, 2.24) is 0 Å². The summed E-state index contributed by atoms with van der Waals surface area (Å²) >= 11 is 0. The minimum Gasteiger partial charge on any atom is -0.462 e. The summed E-state index contributed by atoms with van der Waals surface area (Å²) in [6, 6.07) is 0. The van der Waals surface area contributed by atoms with Gasteiger partial charge in [-0.15, -0.1) is 0 Å². The van der Waals surface area contributed by atoms with Crippen LogP contribution in [0.15, 0.2) is 0 Å². The Morgan fingerprint density at radius 2 is 0.500 bits per heavy atom. The Morgan fingerprint density at radius 1 is 0.292 bits per heavy atom. The Hall–Kier alpha value is -1.94. The van der Waals surface area contributed by atoms with E-state index in [9.17, 15) is 43.2 Å². The molecule has 570 valence electrons. The number of carbonyl (C=O) groups excluding carboxylic acids is 4. The third-order valence-electron chi connectivity index (χ3n) is 18.2. The number of hydrogen-bond donors (Lipinski definition) is 3. The minimum absolute atomic E-state index is 0.106. The van der Waals surface area contributed by atoms with E-state index in [0.717, 1.165) is 114 Å². The zero-order valence-corrected chi connectivity index (χ0v) is 64.8. The molecular formula is C77H150O17P2. The largest absolute Gasteiger partial charge is 0.472 e. The van der Waals surface area contributed by atoms with Crippen molar-refractivity contribution in [1.29, 1.82) is 0 Å². The molecule has 0 aliphatic heterocycles. The molecule has 0 aliphatic rings. The summed E-state index contributed by atoms with van der Waals surface area (Å²) in [6.45, 7) is 14.2. The molecule has 0 bridgehead atoms. The van der Waals surface area contributed by atoms with E-state index in [1.54, 1.807) is 0 Å². The molecule has 96 heavy (non-hydrogen) atoms. The lowest BCUT2D eigenvalue weighted by Crippen LogP contribution is -2.30. The smallest absolute Gasteiger partial charge is 0.462 e. The summed E-state index contributed by atoms with van der Waals surface area (Å²) in [5.74, 6) is 0.966. The molecule has 0 heterocycles. The van der Waals surface area contributed by atoms with Crippen LogP contribution in [-0.2, 0) is 65.4 Å². The molecule has 0 amide bonds. The van der Waals surface area contributed by atoms with Crippen molar-refractivity contribution in [3.63, 3.8) is 0 Å². The highest BCUT2D eigenvalue weighted by atomic mass is 31.2. The van der Waals surface area contributed by atoms with Crippen molar-refractivity contribution in [2.75, 3.05) is 39.6 Å². The lowest BCUT2D eigenvalue weighted by Gasteiger charge is -2.21. The number of unbranched alkanes of at least 4 members (excludes halogenated alkanes) is 39. The van der Waals surface area contributed by atoms with Gasteiger partial charge >= 0.3 is 39.5 Å². The van der Waals surface area contributed by atoms with Gasteiger partial charge in [0.2, 0.25) is 0 Å². The molecule has 0 fully saturated rings. The number of hydrogen-bond acceptors (Lipinski definition) is 15. The van der Waals surface area contributed by atoms with E-state index in [-0.39, 0.29) is 25.7 Å². The molecule has 0 aromatic carbocycles. The molecule has 6 atom stereocenters. The number of esters is 4. The van der Waals surface area contributed by atoms with Crippen LogP contribution in [0.5, 0.6) is 0 Å². The second kappa shape index (κ2) is 66.3. The first kappa shape index (κ1) is 94.1. The number of phosphoric ester groups is 2. The lowest BCUT2D eigenvalue weighted by atomic mass is 9.99. The van der Waals surface area contributed by atoms with Gasteiger partial charge in [0.05, 0.1) is 26.4 Å². The molecule has 0 spiro atoms. The van der Waals surface area contributed by atoms with E-state index < -0.39 is 97.5 Å². The van der Waals surface area contributed by atoms with Gasteiger partial charge < -0.3 is 33.8 Å². The summed E-state index contributed by atoms with van der Waals surface area (Å²) in [7, 11) is -9.92. The average Bonchev–Trinajstić information content (AvgIpc) is 1.12. The minimum atomic E-state index is -4.96. The Morgan fingerprint density at radius 3 is 0.740 bits per heavy atom. The van der Waals surface area contributed by atoms with Crippen LogP contribution in [-0.4, -0.2) is 96.7 Å². The van der Waals surface area contributed by atoms with Crippen molar-refractivity contribution in [3.05, 3.63) is 0 Å². The Balaban J connectivity index is 5.24. The molecule has 0 saturated heterocycles. The van der Waals surface area contributed by atoms with Crippen molar-refractivity contribution < 1.29 is 80.2 Å². The average molecular weight is 1410 g/mol. The fourth-order valence-electron chi connectivity index (χ4n) is 11.7. The monoisotopic (exact) mass is 1410 g/mol. The third-order valence-corrected chi connectivity index (χ3v) is 20.1. The molecule has 17 nitrogen and oxygen atoms in total. The maximum Gasteiger partial charge on any atom is 0.472 e. The Labute approximate surface area is 588 Å². The summed E-state index contributed by atoms with van der Waals surface area (Å²) in [5.41, 5.74) is 0. The maximum absolute atomic E-state index is 13.1. The summed E-state index contributed by atoms with van der Waals surface area (Å²) in [6.07, 6.45) is 51.3. The van der Waals surface area contributed by atoms with E-state index in [0.29, 0.717) is 31.6 Å². The van der Waals surface area contributed by atoms with E-state index >= 15 is 0 Å². The summed E-state index contributed by atoms with van der Waals surface area (Å²) in [5, 5.41) is 10.6. The van der Waals surface area contributed by atoms with Crippen LogP contribution in [0.3, 0.4) is 0 Å². The van der Waals surface area contributed by atoms with E-state index in [1.165, 1.54) is 186 Å². The Kier molecular flexibility index (Phi) is 65.0. The van der Waals surface area contributed by atoms with Crippen LogP contribution in [0.2, 0.25) is 0 Å². The van der Waals surface area contributed by atoms with Gasteiger partial charge in [0.25, 0.3) is 0 Å². The fraction of sp³-hybridized carbons (Fsp3) is 0.948. The topological polar surface area (TPSA) is 237 Å².